The van der Waals surface area contributed by atoms with E-state index in [1.807, 2.05) is 30.3 Å². The molecule has 2 rings (SSSR count). The van der Waals surface area contributed by atoms with Gasteiger partial charge >= 0.3 is 0 Å². The van der Waals surface area contributed by atoms with Crippen LogP contribution in [-0.2, 0) is 4.79 Å². The average molecular weight is 256 g/mol. The Bertz CT molecular complexity index is 558. The van der Waals surface area contributed by atoms with Crippen molar-refractivity contribution >= 4 is 12.0 Å². The molecule has 0 bridgehead atoms. The van der Waals surface area contributed by atoms with Crippen molar-refractivity contribution in [3.63, 3.8) is 0 Å². The van der Waals surface area contributed by atoms with Crippen LogP contribution in [0.5, 0.6) is 5.75 Å². The van der Waals surface area contributed by atoms with E-state index in [4.69, 9.17) is 10.00 Å². The lowest BCUT2D eigenvalue weighted by Gasteiger charge is -2.23. The van der Waals surface area contributed by atoms with Crippen molar-refractivity contribution in [3.8, 4) is 11.8 Å². The summed E-state index contributed by atoms with van der Waals surface area (Å²) in [6.07, 6.45) is 1.86. The predicted octanol–water partition coefficient (Wildman–Crippen LogP) is 2.08. The van der Waals surface area contributed by atoms with E-state index >= 15 is 0 Å². The summed E-state index contributed by atoms with van der Waals surface area (Å²) in [5, 5.41) is 8.78. The second kappa shape index (κ2) is 5.57. The third-order valence-electron chi connectivity index (χ3n) is 3.02. The van der Waals surface area contributed by atoms with Crippen molar-refractivity contribution in [2.75, 3.05) is 20.2 Å². The molecule has 4 heteroatoms. The van der Waals surface area contributed by atoms with Crippen LogP contribution in [0, 0.1) is 17.2 Å². The topological polar surface area (TPSA) is 53.3 Å². The molecule has 0 saturated heterocycles. The monoisotopic (exact) mass is 256 g/mol. The minimum absolute atomic E-state index is 0.0865. The zero-order valence-corrected chi connectivity index (χ0v) is 11.1. The Morgan fingerprint density at radius 3 is 3.00 bits per heavy atom. The predicted molar refractivity (Wildman–Crippen MR) is 72.3 cm³/mol. The molecule has 0 spiro atoms. The van der Waals surface area contributed by atoms with Crippen LogP contribution in [0.4, 0.5) is 0 Å². The molecule has 1 amide bonds. The number of hydrogen-bond donors (Lipinski definition) is 0. The van der Waals surface area contributed by atoms with Crippen molar-refractivity contribution < 1.29 is 9.53 Å². The van der Waals surface area contributed by atoms with E-state index in [-0.39, 0.29) is 18.4 Å². The summed E-state index contributed by atoms with van der Waals surface area (Å²) in [5.74, 6) is 0.537. The number of ether oxygens (including phenoxy) is 1. The standard InChI is InChI=1S/C15H16N2O2/c1-11(8-16)9-17(2)15(18)13-7-12-5-3-4-6-14(12)19-10-13/h3-7,11H,9-10H2,1-2H3/t11-/m0/s1. The van der Waals surface area contributed by atoms with Gasteiger partial charge in [-0.15, -0.1) is 0 Å². The van der Waals surface area contributed by atoms with E-state index < -0.39 is 0 Å². The number of fused-ring (bicyclic) bond motifs is 1. The normalized spacial score (nSPS) is 14.5. The molecule has 1 aromatic rings. The van der Waals surface area contributed by atoms with Crippen molar-refractivity contribution in [1.29, 1.82) is 5.26 Å². The highest BCUT2D eigenvalue weighted by atomic mass is 16.5. The first-order valence-corrected chi connectivity index (χ1v) is 6.19. The Kier molecular flexibility index (Phi) is 3.86. The fourth-order valence-electron chi connectivity index (χ4n) is 2.02. The molecule has 0 fully saturated rings. The van der Waals surface area contributed by atoms with E-state index in [9.17, 15) is 4.79 Å². The zero-order chi connectivity index (χ0) is 13.8. The highest BCUT2D eigenvalue weighted by molar-refractivity contribution is 5.99. The maximum absolute atomic E-state index is 12.2. The van der Waals surface area contributed by atoms with Gasteiger partial charge in [-0.05, 0) is 19.1 Å². The van der Waals surface area contributed by atoms with E-state index in [1.54, 1.807) is 18.9 Å². The SMILES string of the molecule is C[C@@H](C#N)CN(C)C(=O)C1=Cc2ccccc2OC1. The molecule has 1 aromatic carbocycles. The number of nitrogens with zero attached hydrogens (tertiary/aromatic N) is 2. The van der Waals surface area contributed by atoms with Gasteiger partial charge in [0, 0.05) is 19.2 Å². The molecule has 0 unspecified atom stereocenters. The van der Waals surface area contributed by atoms with Gasteiger partial charge < -0.3 is 9.64 Å². The number of hydrogen-bond acceptors (Lipinski definition) is 3. The Morgan fingerprint density at radius 2 is 2.26 bits per heavy atom. The molecule has 1 heterocycles. The molecule has 0 saturated carbocycles. The van der Waals surface area contributed by atoms with E-state index in [1.165, 1.54) is 0 Å². The van der Waals surface area contributed by atoms with Crippen molar-refractivity contribution in [2.45, 2.75) is 6.92 Å². The van der Waals surface area contributed by atoms with E-state index in [0.29, 0.717) is 12.1 Å². The number of nitriles is 1. The Morgan fingerprint density at radius 1 is 1.53 bits per heavy atom. The molecule has 1 aliphatic rings. The van der Waals surface area contributed by atoms with Gasteiger partial charge in [0.2, 0.25) is 0 Å². The molecular formula is C15H16N2O2. The summed E-state index contributed by atoms with van der Waals surface area (Å²) in [6.45, 7) is 2.50. The van der Waals surface area contributed by atoms with Gasteiger partial charge in [0.1, 0.15) is 12.4 Å². The Hall–Kier alpha value is -2.28. The number of carbonyl (C=O) groups is 1. The molecular weight excluding hydrogens is 240 g/mol. The lowest BCUT2D eigenvalue weighted by atomic mass is 10.1. The minimum Gasteiger partial charge on any atom is -0.488 e. The second-order valence-electron chi connectivity index (χ2n) is 4.71. The summed E-state index contributed by atoms with van der Waals surface area (Å²) >= 11 is 0. The van der Waals surface area contributed by atoms with Gasteiger partial charge in [-0.2, -0.15) is 5.26 Å². The zero-order valence-electron chi connectivity index (χ0n) is 11.1. The van der Waals surface area contributed by atoms with Crippen LogP contribution in [0.3, 0.4) is 0 Å². The third-order valence-corrected chi connectivity index (χ3v) is 3.02. The Balaban J connectivity index is 2.13. The van der Waals surface area contributed by atoms with Crippen molar-refractivity contribution in [1.82, 2.24) is 4.90 Å². The van der Waals surface area contributed by atoms with Crippen LogP contribution in [0.2, 0.25) is 0 Å². The van der Waals surface area contributed by atoms with Crippen LogP contribution in [0.1, 0.15) is 12.5 Å². The second-order valence-corrected chi connectivity index (χ2v) is 4.71. The molecule has 1 aliphatic heterocycles. The van der Waals surface area contributed by atoms with Crippen LogP contribution in [0.25, 0.3) is 6.08 Å². The van der Waals surface area contributed by atoms with Crippen LogP contribution in [-0.4, -0.2) is 31.0 Å². The van der Waals surface area contributed by atoms with Gasteiger partial charge in [-0.25, -0.2) is 0 Å². The highest BCUT2D eigenvalue weighted by Crippen LogP contribution is 2.26. The third kappa shape index (κ3) is 2.94. The molecule has 1 atom stereocenters. The number of carbonyl (C=O) groups excluding carboxylic acids is 1. The quantitative estimate of drug-likeness (QED) is 0.832. The van der Waals surface area contributed by atoms with Gasteiger partial charge in [-0.3, -0.25) is 4.79 Å². The molecule has 4 nitrogen and oxygen atoms in total. The molecule has 98 valence electrons. The molecule has 0 aliphatic carbocycles. The van der Waals surface area contributed by atoms with Crippen LogP contribution >= 0.6 is 0 Å². The molecule has 19 heavy (non-hydrogen) atoms. The van der Waals surface area contributed by atoms with Crippen LogP contribution < -0.4 is 4.74 Å². The maximum atomic E-state index is 12.2. The summed E-state index contributed by atoms with van der Waals surface area (Å²) in [4.78, 5) is 13.8. The van der Waals surface area contributed by atoms with Crippen LogP contribution in [0.15, 0.2) is 29.8 Å². The van der Waals surface area contributed by atoms with E-state index in [0.717, 1.165) is 11.3 Å². The lowest BCUT2D eigenvalue weighted by Crippen LogP contribution is -2.33. The number of amides is 1. The smallest absolute Gasteiger partial charge is 0.253 e. The number of benzene rings is 1. The van der Waals surface area contributed by atoms with Gasteiger partial charge in [0.25, 0.3) is 5.91 Å². The molecule has 0 N–H and O–H groups in total. The lowest BCUT2D eigenvalue weighted by molar-refractivity contribution is -0.126. The Labute approximate surface area is 112 Å². The summed E-state index contributed by atoms with van der Waals surface area (Å²) < 4.78 is 5.56. The molecule has 0 radical (unpaired) electrons. The van der Waals surface area contributed by atoms with Gasteiger partial charge in [0.15, 0.2) is 0 Å². The number of rotatable bonds is 3. The first-order chi connectivity index (χ1) is 9.11. The van der Waals surface area contributed by atoms with E-state index in [2.05, 4.69) is 6.07 Å². The fourth-order valence-corrected chi connectivity index (χ4v) is 2.02. The van der Waals surface area contributed by atoms with Crippen molar-refractivity contribution in [3.05, 3.63) is 35.4 Å². The van der Waals surface area contributed by atoms with Gasteiger partial charge in [-0.1, -0.05) is 18.2 Å². The number of likely N-dealkylation sites (N-methyl/N-ethyl adjacent to an activating group) is 1. The maximum Gasteiger partial charge on any atom is 0.253 e. The largest absolute Gasteiger partial charge is 0.488 e. The summed E-state index contributed by atoms with van der Waals surface area (Å²) in [5.41, 5.74) is 1.53. The number of para-hydroxylation sites is 1. The summed E-state index contributed by atoms with van der Waals surface area (Å²) in [6, 6.07) is 9.74. The first kappa shape index (κ1) is 13.2. The minimum atomic E-state index is -0.175. The fraction of sp³-hybridized carbons (Fsp3) is 0.333. The van der Waals surface area contributed by atoms with Gasteiger partial charge in [0.05, 0.1) is 17.6 Å². The highest BCUT2D eigenvalue weighted by Gasteiger charge is 2.20. The average Bonchev–Trinajstić information content (AvgIpc) is 2.45. The first-order valence-electron chi connectivity index (χ1n) is 6.19. The molecule has 0 aromatic heterocycles. The van der Waals surface area contributed by atoms with Crippen molar-refractivity contribution in [2.24, 2.45) is 5.92 Å². The summed E-state index contributed by atoms with van der Waals surface area (Å²) in [7, 11) is 1.71.